The Labute approximate surface area is 450 Å². The predicted octanol–water partition coefficient (Wildman–Crippen LogP) is 18.0. The third kappa shape index (κ3) is 56.6. The first-order valence-corrected chi connectivity index (χ1v) is 30.5. The molecule has 0 fully saturated rings. The molecule has 0 aliphatic rings. The lowest BCUT2D eigenvalue weighted by Crippen LogP contribution is -2.40. The fourth-order valence-electron chi connectivity index (χ4n) is 8.52. The molecule has 0 bridgehead atoms. The van der Waals surface area contributed by atoms with Gasteiger partial charge in [0.15, 0.2) is 6.10 Å². The molecular weight excluding hydrogens is 911 g/mol. The van der Waals surface area contributed by atoms with Gasteiger partial charge in [0, 0.05) is 12.8 Å². The van der Waals surface area contributed by atoms with Crippen LogP contribution in [0.4, 0.5) is 0 Å². The van der Waals surface area contributed by atoms with Gasteiger partial charge in [0.25, 0.3) is 6.29 Å². The van der Waals surface area contributed by atoms with Crippen molar-refractivity contribution in [1.29, 1.82) is 0 Å². The number of carboxylic acids is 1. The standard InChI is InChI=1S/C64H115NO8/c1-6-8-10-12-14-16-18-20-22-24-26-27-28-29-30-31-32-33-34-35-37-38-40-42-44-46-48-50-52-54-61(66)71-58-60(59-72-64(63(68)69)70-57-56-65(3,4)5)73-62(67)55-53-51-49-47-45-43-41-39-36-25-23-21-19-17-15-13-11-9-7-2/h15,17-18,20-21,23-24,26,36,39,60,64H,6-14,16,19,22,25,27-35,37-38,40-59H2,1-5H3/p+1/b17-15-,20-18-,23-21-,26-24-,39-36-. The molecule has 0 aromatic heterocycles. The largest absolute Gasteiger partial charge is 0.477 e. The first-order valence-electron chi connectivity index (χ1n) is 30.5. The van der Waals surface area contributed by atoms with Crippen LogP contribution in [0.25, 0.3) is 0 Å². The minimum atomic E-state index is -1.52. The highest BCUT2D eigenvalue weighted by molar-refractivity contribution is 5.71. The molecule has 2 atom stereocenters. The van der Waals surface area contributed by atoms with Crippen LogP contribution in [-0.2, 0) is 33.3 Å². The summed E-state index contributed by atoms with van der Waals surface area (Å²) >= 11 is 0. The Bertz CT molecular complexity index is 1380. The van der Waals surface area contributed by atoms with E-state index in [9.17, 15) is 19.5 Å². The van der Waals surface area contributed by atoms with Crippen LogP contribution in [0.2, 0.25) is 0 Å². The summed E-state index contributed by atoms with van der Waals surface area (Å²) in [5, 5.41) is 9.71. The Kier molecular flexibility index (Phi) is 53.0. The summed E-state index contributed by atoms with van der Waals surface area (Å²) < 4.78 is 22.9. The van der Waals surface area contributed by atoms with Gasteiger partial charge in [-0.1, -0.05) is 235 Å². The fraction of sp³-hybridized carbons (Fsp3) is 0.797. The van der Waals surface area contributed by atoms with E-state index in [2.05, 4.69) is 74.6 Å². The van der Waals surface area contributed by atoms with Crippen molar-refractivity contribution in [2.75, 3.05) is 47.5 Å². The van der Waals surface area contributed by atoms with Crippen LogP contribution in [-0.4, -0.2) is 87.4 Å². The lowest BCUT2D eigenvalue weighted by molar-refractivity contribution is -0.870. The third-order valence-electron chi connectivity index (χ3n) is 13.2. The minimum Gasteiger partial charge on any atom is -0.477 e. The molecule has 0 radical (unpaired) electrons. The topological polar surface area (TPSA) is 108 Å². The average Bonchev–Trinajstić information content (AvgIpc) is 3.36. The van der Waals surface area contributed by atoms with Gasteiger partial charge in [0.05, 0.1) is 34.4 Å². The van der Waals surface area contributed by atoms with Crippen molar-refractivity contribution in [2.24, 2.45) is 0 Å². The number of rotatable bonds is 56. The van der Waals surface area contributed by atoms with Crippen molar-refractivity contribution in [1.82, 2.24) is 0 Å². The molecule has 9 heteroatoms. The van der Waals surface area contributed by atoms with Crippen LogP contribution < -0.4 is 0 Å². The number of quaternary nitrogens is 1. The molecule has 0 aliphatic carbocycles. The summed E-state index contributed by atoms with van der Waals surface area (Å²) in [4.78, 5) is 37.4. The number of nitrogens with zero attached hydrogens (tertiary/aromatic N) is 1. The highest BCUT2D eigenvalue weighted by Gasteiger charge is 2.25. The van der Waals surface area contributed by atoms with E-state index in [0.717, 1.165) is 77.0 Å². The number of esters is 2. The molecule has 0 heterocycles. The number of carbonyl (C=O) groups excluding carboxylic acids is 2. The highest BCUT2D eigenvalue weighted by Crippen LogP contribution is 2.16. The third-order valence-corrected chi connectivity index (χ3v) is 13.2. The molecular formula is C64H116NO8+. The number of unbranched alkanes of at least 4 members (excludes halogenated alkanes) is 31. The SMILES string of the molecule is CCCCC/C=C\C/C=C\C/C=C\CCCCCCCCC(=O)OC(COC(=O)CCCCCCCCCCCCCCCCCCC/C=C\C/C=C\CCCCCCC)COC(OCC[N+](C)(C)C)C(=O)O. The van der Waals surface area contributed by atoms with Crippen LogP contribution in [0.3, 0.4) is 0 Å². The van der Waals surface area contributed by atoms with Crippen LogP contribution in [0.15, 0.2) is 60.8 Å². The van der Waals surface area contributed by atoms with E-state index in [4.69, 9.17) is 18.9 Å². The maximum absolute atomic E-state index is 12.9. The smallest absolute Gasteiger partial charge is 0.361 e. The summed E-state index contributed by atoms with van der Waals surface area (Å²) in [5.74, 6) is -2.01. The Morgan fingerprint density at radius 1 is 0.411 bits per heavy atom. The Morgan fingerprint density at radius 2 is 0.740 bits per heavy atom. The fourth-order valence-corrected chi connectivity index (χ4v) is 8.52. The van der Waals surface area contributed by atoms with Gasteiger partial charge in [-0.15, -0.1) is 0 Å². The van der Waals surface area contributed by atoms with E-state index in [1.54, 1.807) is 0 Å². The molecule has 424 valence electrons. The summed E-state index contributed by atoms with van der Waals surface area (Å²) in [6.07, 6.45) is 67.3. The second kappa shape index (κ2) is 55.2. The summed E-state index contributed by atoms with van der Waals surface area (Å²) in [7, 11) is 5.97. The zero-order valence-electron chi connectivity index (χ0n) is 48.3. The van der Waals surface area contributed by atoms with Crippen LogP contribution >= 0.6 is 0 Å². The number of ether oxygens (including phenoxy) is 4. The molecule has 0 amide bonds. The highest BCUT2D eigenvalue weighted by atomic mass is 16.7. The van der Waals surface area contributed by atoms with E-state index in [1.807, 2.05) is 21.1 Å². The summed E-state index contributed by atoms with van der Waals surface area (Å²) in [6, 6.07) is 0. The number of allylic oxidation sites excluding steroid dienone is 10. The van der Waals surface area contributed by atoms with E-state index in [-0.39, 0.29) is 32.2 Å². The van der Waals surface area contributed by atoms with Crippen molar-refractivity contribution in [3.63, 3.8) is 0 Å². The van der Waals surface area contributed by atoms with Crippen molar-refractivity contribution in [2.45, 2.75) is 283 Å². The zero-order chi connectivity index (χ0) is 53.4. The minimum absolute atomic E-state index is 0.184. The quantitative estimate of drug-likeness (QED) is 0.0211. The first-order chi connectivity index (χ1) is 35.6. The monoisotopic (exact) mass is 1030 g/mol. The second-order valence-corrected chi connectivity index (χ2v) is 21.7. The van der Waals surface area contributed by atoms with E-state index in [0.29, 0.717) is 23.9 Å². The van der Waals surface area contributed by atoms with Gasteiger partial charge >= 0.3 is 17.9 Å². The number of hydrogen-bond acceptors (Lipinski definition) is 7. The first kappa shape index (κ1) is 70.0. The van der Waals surface area contributed by atoms with Gasteiger partial charge in [-0.2, -0.15) is 0 Å². The zero-order valence-corrected chi connectivity index (χ0v) is 48.3. The predicted molar refractivity (Wildman–Crippen MR) is 309 cm³/mol. The molecule has 0 saturated carbocycles. The second-order valence-electron chi connectivity index (χ2n) is 21.7. The van der Waals surface area contributed by atoms with Crippen molar-refractivity contribution >= 4 is 17.9 Å². The van der Waals surface area contributed by atoms with Crippen molar-refractivity contribution in [3.05, 3.63) is 60.8 Å². The molecule has 0 aliphatic heterocycles. The molecule has 0 saturated heterocycles. The molecule has 0 aromatic rings. The van der Waals surface area contributed by atoms with Crippen LogP contribution in [0.5, 0.6) is 0 Å². The number of aliphatic carboxylic acids is 1. The number of likely N-dealkylation sites (N-methyl/N-ethyl adjacent to an activating group) is 1. The number of carbonyl (C=O) groups is 3. The molecule has 9 nitrogen and oxygen atoms in total. The molecule has 0 aromatic carbocycles. The molecule has 0 rings (SSSR count). The molecule has 2 unspecified atom stereocenters. The lowest BCUT2D eigenvalue weighted by Gasteiger charge is -2.25. The summed E-state index contributed by atoms with van der Waals surface area (Å²) in [5.41, 5.74) is 0. The Morgan fingerprint density at radius 3 is 1.12 bits per heavy atom. The summed E-state index contributed by atoms with van der Waals surface area (Å²) in [6.45, 7) is 4.85. The Hall–Kier alpha value is -3.01. The molecule has 73 heavy (non-hydrogen) atoms. The molecule has 1 N–H and O–H groups in total. The average molecular weight is 1030 g/mol. The van der Waals surface area contributed by atoms with Gasteiger partial charge in [-0.05, 0) is 83.5 Å². The molecule has 0 spiro atoms. The van der Waals surface area contributed by atoms with E-state index >= 15 is 0 Å². The normalized spacial score (nSPS) is 13.2. The maximum Gasteiger partial charge on any atom is 0.361 e. The van der Waals surface area contributed by atoms with Gasteiger partial charge in [0.1, 0.15) is 13.2 Å². The van der Waals surface area contributed by atoms with Crippen LogP contribution in [0.1, 0.15) is 271 Å². The number of hydrogen-bond donors (Lipinski definition) is 1. The van der Waals surface area contributed by atoms with Gasteiger partial charge in [-0.25, -0.2) is 4.79 Å². The van der Waals surface area contributed by atoms with Crippen LogP contribution in [0, 0.1) is 0 Å². The van der Waals surface area contributed by atoms with Crippen molar-refractivity contribution in [3.8, 4) is 0 Å². The van der Waals surface area contributed by atoms with Gasteiger partial charge < -0.3 is 28.5 Å². The van der Waals surface area contributed by atoms with Crippen molar-refractivity contribution < 1.29 is 42.9 Å². The lowest BCUT2D eigenvalue weighted by atomic mass is 10.0. The number of carboxylic acid groups (broad SMARTS) is 1. The van der Waals surface area contributed by atoms with E-state index in [1.165, 1.54) is 161 Å². The van der Waals surface area contributed by atoms with Gasteiger partial charge in [-0.3, -0.25) is 9.59 Å². The maximum atomic E-state index is 12.9. The van der Waals surface area contributed by atoms with Gasteiger partial charge in [0.2, 0.25) is 0 Å². The van der Waals surface area contributed by atoms with E-state index < -0.39 is 24.3 Å². The Balaban J connectivity index is 4.17.